The van der Waals surface area contributed by atoms with Crippen LogP contribution in [0.1, 0.15) is 56.7 Å². The summed E-state index contributed by atoms with van der Waals surface area (Å²) < 4.78 is 19.1. The van der Waals surface area contributed by atoms with E-state index in [-0.39, 0.29) is 11.3 Å². The fraction of sp³-hybridized carbons (Fsp3) is 0.387. The van der Waals surface area contributed by atoms with Gasteiger partial charge in [0.1, 0.15) is 11.5 Å². The van der Waals surface area contributed by atoms with Crippen molar-refractivity contribution < 1.29 is 28.9 Å². The Morgan fingerprint density at radius 3 is 2.58 bits per heavy atom. The molecule has 1 N–H and O–H groups in total. The molecule has 1 unspecified atom stereocenters. The van der Waals surface area contributed by atoms with Gasteiger partial charge in [0, 0.05) is 31.0 Å². The van der Waals surface area contributed by atoms with E-state index in [0.29, 0.717) is 61.1 Å². The lowest BCUT2D eigenvalue weighted by Crippen LogP contribution is -2.31. The van der Waals surface area contributed by atoms with Crippen molar-refractivity contribution in [2.24, 2.45) is 0 Å². The van der Waals surface area contributed by atoms with E-state index < -0.39 is 17.7 Å². The van der Waals surface area contributed by atoms with Gasteiger partial charge in [0.15, 0.2) is 11.5 Å². The lowest BCUT2D eigenvalue weighted by Gasteiger charge is -2.26. The highest BCUT2D eigenvalue weighted by molar-refractivity contribution is 6.46. The molecule has 9 heteroatoms. The molecule has 9 nitrogen and oxygen atoms in total. The van der Waals surface area contributed by atoms with Crippen LogP contribution in [-0.4, -0.2) is 58.1 Å². The molecular formula is C31H37N3O6. The van der Waals surface area contributed by atoms with Crippen LogP contribution >= 0.6 is 0 Å². The summed E-state index contributed by atoms with van der Waals surface area (Å²) in [4.78, 5) is 32.4. The molecule has 0 spiro atoms. The van der Waals surface area contributed by atoms with Gasteiger partial charge in [0.2, 0.25) is 0 Å². The number of aliphatic hydroxyl groups is 1. The fourth-order valence-corrected chi connectivity index (χ4v) is 4.86. The number of methoxy groups -OCH3 is 1. The van der Waals surface area contributed by atoms with E-state index in [9.17, 15) is 14.7 Å². The first-order chi connectivity index (χ1) is 19.5. The number of likely N-dealkylation sites (tertiary alicyclic amines) is 1. The summed E-state index contributed by atoms with van der Waals surface area (Å²) in [6.07, 6.45) is 8.93. The summed E-state index contributed by atoms with van der Waals surface area (Å²) in [5, 5.41) is 11.4. The van der Waals surface area contributed by atoms with E-state index in [4.69, 9.17) is 14.2 Å². The number of hydrogen-bond acceptors (Lipinski definition) is 7. The molecule has 1 fully saturated rings. The normalized spacial score (nSPS) is 16.4. The Kier molecular flexibility index (Phi) is 9.83. The minimum atomic E-state index is -0.804. The average Bonchev–Trinajstić information content (AvgIpc) is 3.58. The van der Waals surface area contributed by atoms with E-state index in [1.165, 1.54) is 4.90 Å². The third-order valence-corrected chi connectivity index (χ3v) is 6.84. The molecule has 0 saturated carbocycles. The zero-order chi connectivity index (χ0) is 28.5. The van der Waals surface area contributed by atoms with Crippen molar-refractivity contribution in [2.75, 3.05) is 26.9 Å². The highest BCUT2D eigenvalue weighted by Gasteiger charge is 2.46. The Morgan fingerprint density at radius 1 is 1.00 bits per heavy atom. The van der Waals surface area contributed by atoms with Crippen LogP contribution in [0.25, 0.3) is 5.76 Å². The topological polar surface area (TPSA) is 103 Å². The number of carbonyl (C=O) groups excluding carboxylic acids is 2. The van der Waals surface area contributed by atoms with Crippen molar-refractivity contribution in [3.8, 4) is 17.2 Å². The standard InChI is InChI=1S/C31H37N3O6/c1-4-6-7-18-40-25-13-12-22(20-26(25)38-3)28-27(29(35)23-10-8-11-24(19-23)39-5-2)30(36)31(37)34(28)16-9-15-33-17-14-32-21-33/h8,10-14,17,19-21,28,35H,4-7,9,15-16,18H2,1-3H3/b29-27+. The SMILES string of the molecule is CCCCCOc1ccc(C2/C(=C(\O)c3cccc(OCC)c3)C(=O)C(=O)N2CCCn2ccnc2)cc1OC. The Morgan fingerprint density at radius 2 is 1.85 bits per heavy atom. The van der Waals surface area contributed by atoms with Gasteiger partial charge in [0.05, 0.1) is 38.3 Å². The Balaban J connectivity index is 1.72. The number of aliphatic hydroxyl groups excluding tert-OH is 1. The zero-order valence-corrected chi connectivity index (χ0v) is 23.3. The van der Waals surface area contributed by atoms with E-state index in [1.807, 2.05) is 23.8 Å². The van der Waals surface area contributed by atoms with Crippen molar-refractivity contribution in [1.82, 2.24) is 14.5 Å². The lowest BCUT2D eigenvalue weighted by atomic mass is 9.95. The van der Waals surface area contributed by atoms with Gasteiger partial charge in [-0.2, -0.15) is 0 Å². The van der Waals surface area contributed by atoms with Gasteiger partial charge in [0.25, 0.3) is 11.7 Å². The summed E-state index contributed by atoms with van der Waals surface area (Å²) in [6.45, 7) is 5.95. The van der Waals surface area contributed by atoms with Crippen molar-refractivity contribution in [1.29, 1.82) is 0 Å². The second-order valence-corrected chi connectivity index (χ2v) is 9.57. The number of unbranched alkanes of at least 4 members (excludes halogenated alkanes) is 2. The van der Waals surface area contributed by atoms with Gasteiger partial charge < -0.3 is 28.8 Å². The van der Waals surface area contributed by atoms with Crippen LogP contribution in [0.2, 0.25) is 0 Å². The van der Waals surface area contributed by atoms with E-state index in [2.05, 4.69) is 11.9 Å². The number of benzene rings is 2. The van der Waals surface area contributed by atoms with Gasteiger partial charge in [-0.15, -0.1) is 0 Å². The molecule has 1 saturated heterocycles. The van der Waals surface area contributed by atoms with Crippen LogP contribution in [0, 0.1) is 0 Å². The highest BCUT2D eigenvalue weighted by Crippen LogP contribution is 2.42. The van der Waals surface area contributed by atoms with Crippen LogP contribution in [-0.2, 0) is 16.1 Å². The molecule has 0 radical (unpaired) electrons. The van der Waals surface area contributed by atoms with Crippen molar-refractivity contribution in [3.05, 3.63) is 77.9 Å². The summed E-state index contributed by atoms with van der Waals surface area (Å²) in [5.41, 5.74) is 1.07. The maximum Gasteiger partial charge on any atom is 0.295 e. The second kappa shape index (κ2) is 13.7. The quantitative estimate of drug-likeness (QED) is 0.125. The number of ether oxygens (including phenoxy) is 3. The van der Waals surface area contributed by atoms with Gasteiger partial charge in [-0.3, -0.25) is 9.59 Å². The Bertz CT molecular complexity index is 1330. The van der Waals surface area contributed by atoms with Crippen LogP contribution < -0.4 is 14.2 Å². The third kappa shape index (κ3) is 6.47. The van der Waals surface area contributed by atoms with Crippen LogP contribution in [0.4, 0.5) is 0 Å². The number of aryl methyl sites for hydroxylation is 1. The number of carbonyl (C=O) groups is 2. The number of nitrogens with zero attached hydrogens (tertiary/aromatic N) is 3. The number of ketones is 1. The summed E-state index contributed by atoms with van der Waals surface area (Å²) >= 11 is 0. The number of amides is 1. The minimum absolute atomic E-state index is 0.0277. The first kappa shape index (κ1) is 28.7. The average molecular weight is 548 g/mol. The first-order valence-electron chi connectivity index (χ1n) is 13.8. The molecule has 40 heavy (non-hydrogen) atoms. The molecule has 3 aromatic rings. The first-order valence-corrected chi connectivity index (χ1v) is 13.8. The van der Waals surface area contributed by atoms with E-state index in [0.717, 1.165) is 19.3 Å². The van der Waals surface area contributed by atoms with Crippen molar-refractivity contribution in [3.63, 3.8) is 0 Å². The fourth-order valence-electron chi connectivity index (χ4n) is 4.86. The Labute approximate surface area is 235 Å². The molecule has 0 aliphatic carbocycles. The predicted molar refractivity (Wildman–Crippen MR) is 151 cm³/mol. The molecule has 1 amide bonds. The van der Waals surface area contributed by atoms with Crippen LogP contribution in [0.5, 0.6) is 17.2 Å². The molecular weight excluding hydrogens is 510 g/mol. The summed E-state index contributed by atoms with van der Waals surface area (Å²) in [5.74, 6) is 0.00718. The summed E-state index contributed by atoms with van der Waals surface area (Å²) in [6, 6.07) is 11.5. The van der Waals surface area contributed by atoms with Gasteiger partial charge in [-0.25, -0.2) is 4.98 Å². The maximum atomic E-state index is 13.4. The number of hydrogen-bond donors (Lipinski definition) is 1. The van der Waals surface area contributed by atoms with E-state index >= 15 is 0 Å². The van der Waals surface area contributed by atoms with Gasteiger partial charge >= 0.3 is 0 Å². The van der Waals surface area contributed by atoms with Crippen LogP contribution in [0.15, 0.2) is 66.8 Å². The largest absolute Gasteiger partial charge is 0.507 e. The molecule has 0 bridgehead atoms. The predicted octanol–water partition coefficient (Wildman–Crippen LogP) is 5.37. The molecule has 2 aromatic carbocycles. The second-order valence-electron chi connectivity index (χ2n) is 9.57. The molecule has 1 atom stereocenters. The minimum Gasteiger partial charge on any atom is -0.507 e. The molecule has 212 valence electrons. The monoisotopic (exact) mass is 547 g/mol. The number of Topliss-reactive ketones (excluding diaryl/α,β-unsaturated/α-hetero) is 1. The van der Waals surface area contributed by atoms with Gasteiger partial charge in [-0.05, 0) is 49.6 Å². The summed E-state index contributed by atoms with van der Waals surface area (Å²) in [7, 11) is 1.55. The maximum absolute atomic E-state index is 13.4. The smallest absolute Gasteiger partial charge is 0.295 e. The lowest BCUT2D eigenvalue weighted by molar-refractivity contribution is -0.139. The van der Waals surface area contributed by atoms with Crippen molar-refractivity contribution >= 4 is 17.4 Å². The number of rotatable bonds is 14. The molecule has 1 aliphatic rings. The molecule has 1 aromatic heterocycles. The molecule has 1 aliphatic heterocycles. The van der Waals surface area contributed by atoms with Crippen molar-refractivity contribution in [2.45, 2.75) is 52.1 Å². The molecule has 4 rings (SSSR count). The highest BCUT2D eigenvalue weighted by atomic mass is 16.5. The Hall–Kier alpha value is -4.27. The van der Waals surface area contributed by atoms with Crippen LogP contribution in [0.3, 0.4) is 0 Å². The number of aromatic nitrogens is 2. The third-order valence-electron chi connectivity index (χ3n) is 6.84. The number of imidazole rings is 1. The van der Waals surface area contributed by atoms with E-state index in [1.54, 1.807) is 56.0 Å². The zero-order valence-electron chi connectivity index (χ0n) is 23.3. The molecule has 2 heterocycles. The van der Waals surface area contributed by atoms with Gasteiger partial charge in [-0.1, -0.05) is 38.0 Å².